The molecule has 0 saturated carbocycles. The summed E-state index contributed by atoms with van der Waals surface area (Å²) in [4.78, 5) is 45.0. The molecule has 1 unspecified atom stereocenters. The molecule has 2 aliphatic heterocycles. The van der Waals surface area contributed by atoms with Crippen LogP contribution in [0.4, 0.5) is 5.69 Å². The Kier molecular flexibility index (Phi) is 4.87. The molecule has 3 heterocycles. The number of benzene rings is 2. The number of hydrogen-bond donors (Lipinski definition) is 2. The maximum Gasteiger partial charge on any atom is 0.329 e. The second-order valence-corrected chi connectivity index (χ2v) is 9.11. The first-order chi connectivity index (χ1) is 16.1. The van der Waals surface area contributed by atoms with Crippen molar-refractivity contribution in [3.63, 3.8) is 0 Å². The van der Waals surface area contributed by atoms with Gasteiger partial charge in [0.05, 0.1) is 30.0 Å². The zero-order chi connectivity index (χ0) is 24.4. The number of aliphatic hydroxyl groups is 1. The van der Waals surface area contributed by atoms with Gasteiger partial charge in [-0.05, 0) is 32.0 Å². The number of esters is 1. The number of para-hydroxylation sites is 2. The lowest BCUT2D eigenvalue weighted by atomic mass is 9.85. The van der Waals surface area contributed by atoms with Gasteiger partial charge in [0.1, 0.15) is 23.3 Å². The lowest BCUT2D eigenvalue weighted by molar-refractivity contribution is -0.210. The minimum absolute atomic E-state index is 0.306. The summed E-state index contributed by atoms with van der Waals surface area (Å²) in [5.74, 6) is -1.17. The van der Waals surface area contributed by atoms with Gasteiger partial charge in [0.25, 0.3) is 11.5 Å². The van der Waals surface area contributed by atoms with Gasteiger partial charge in [-0.2, -0.15) is 5.06 Å². The van der Waals surface area contributed by atoms with E-state index in [4.69, 9.17) is 4.74 Å². The Balaban J connectivity index is 1.68. The molecule has 0 bridgehead atoms. The van der Waals surface area contributed by atoms with Crippen LogP contribution >= 0.6 is 0 Å². The van der Waals surface area contributed by atoms with Crippen LogP contribution in [0.5, 0.6) is 0 Å². The largest absolute Gasteiger partial charge is 0.467 e. The highest BCUT2D eigenvalue weighted by atomic mass is 16.5. The highest BCUT2D eigenvalue weighted by molar-refractivity contribution is 6.04. The monoisotopic (exact) mass is 464 g/mol. The molecule has 0 aliphatic carbocycles. The zero-order valence-electron chi connectivity index (χ0n) is 18.9. The van der Waals surface area contributed by atoms with E-state index in [1.165, 1.54) is 18.3 Å². The Bertz CT molecular complexity index is 1390. The van der Waals surface area contributed by atoms with E-state index < -0.39 is 40.8 Å². The Morgan fingerprint density at radius 2 is 1.82 bits per heavy atom. The van der Waals surface area contributed by atoms with E-state index in [2.05, 4.69) is 4.98 Å². The smallest absolute Gasteiger partial charge is 0.329 e. The van der Waals surface area contributed by atoms with Crippen LogP contribution in [0, 0.1) is 0 Å². The van der Waals surface area contributed by atoms with E-state index in [1.54, 1.807) is 62.4 Å². The topological polar surface area (TPSA) is 125 Å². The van der Waals surface area contributed by atoms with E-state index in [1.807, 2.05) is 0 Å². The molecule has 0 spiro atoms. The molecule has 3 aromatic rings. The number of anilines is 1. The molecule has 2 aliphatic rings. The summed E-state index contributed by atoms with van der Waals surface area (Å²) in [7, 11) is 1.19. The third-order valence-corrected chi connectivity index (χ3v) is 6.85. The number of hydrogen-bond acceptors (Lipinski definition) is 8. The number of aromatic nitrogens is 2. The molecule has 1 saturated heterocycles. The van der Waals surface area contributed by atoms with Gasteiger partial charge in [-0.3, -0.25) is 19.1 Å². The standard InChI is InChI=1S/C24H24N4O6/c1-23(2)22(31)27-17-11-7-5-9-15(17)24(32,21(27)28(23)33)12-18(20(30)34-3)26-13-25-16-10-6-4-8-14(16)19(26)29/h4-11,13,18,21,32-33H,12H2,1-3H3/t18?,21-,24-/m0/s1. The molecule has 176 valence electrons. The average Bonchev–Trinajstić information content (AvgIpc) is 3.20. The quantitative estimate of drug-likeness (QED) is 0.557. The van der Waals surface area contributed by atoms with E-state index in [0.29, 0.717) is 22.2 Å². The summed E-state index contributed by atoms with van der Waals surface area (Å²) in [6, 6.07) is 12.2. The van der Waals surface area contributed by atoms with Crippen molar-refractivity contribution in [3.8, 4) is 0 Å². The average molecular weight is 464 g/mol. The predicted molar refractivity (Wildman–Crippen MR) is 121 cm³/mol. The highest BCUT2D eigenvalue weighted by Crippen LogP contribution is 2.53. The van der Waals surface area contributed by atoms with Gasteiger partial charge in [-0.25, -0.2) is 9.78 Å². The highest BCUT2D eigenvalue weighted by Gasteiger charge is 2.65. The Labute approximate surface area is 194 Å². The fourth-order valence-corrected chi connectivity index (χ4v) is 5.01. The molecule has 2 aromatic carbocycles. The lowest BCUT2D eigenvalue weighted by Crippen LogP contribution is -2.53. The van der Waals surface area contributed by atoms with Gasteiger partial charge in [-0.15, -0.1) is 0 Å². The van der Waals surface area contributed by atoms with Crippen LogP contribution in [-0.2, 0) is 19.9 Å². The van der Waals surface area contributed by atoms with E-state index in [0.717, 1.165) is 9.63 Å². The number of hydroxylamine groups is 2. The molecule has 2 N–H and O–H groups in total. The Hall–Kier alpha value is -3.60. The van der Waals surface area contributed by atoms with Gasteiger partial charge >= 0.3 is 5.97 Å². The van der Waals surface area contributed by atoms with Crippen molar-refractivity contribution in [1.82, 2.24) is 14.6 Å². The number of carbonyl (C=O) groups excluding carboxylic acids is 2. The first-order valence-electron chi connectivity index (χ1n) is 10.8. The first kappa shape index (κ1) is 22.2. The van der Waals surface area contributed by atoms with Gasteiger partial charge in [0.15, 0.2) is 0 Å². The third kappa shape index (κ3) is 2.86. The fraction of sp³-hybridized carbons (Fsp3) is 0.333. The SMILES string of the molecule is COC(=O)C(C[C@]1(O)c2ccccc2N2C(=O)C(C)(C)N(O)[C@H]21)n1cnc2ccccc2c1=O. The molecule has 5 rings (SSSR count). The molecule has 34 heavy (non-hydrogen) atoms. The fourth-order valence-electron chi connectivity index (χ4n) is 5.01. The molecule has 0 radical (unpaired) electrons. The van der Waals surface area contributed by atoms with Crippen molar-refractivity contribution in [2.24, 2.45) is 0 Å². The second kappa shape index (κ2) is 7.45. The van der Waals surface area contributed by atoms with E-state index >= 15 is 0 Å². The molecule has 1 amide bonds. The van der Waals surface area contributed by atoms with Crippen molar-refractivity contribution in [2.75, 3.05) is 12.0 Å². The maximum absolute atomic E-state index is 13.3. The minimum Gasteiger partial charge on any atom is -0.467 e. The van der Waals surface area contributed by atoms with Gasteiger partial charge in [0.2, 0.25) is 0 Å². The number of amides is 1. The van der Waals surface area contributed by atoms with Crippen LogP contribution in [0.1, 0.15) is 31.9 Å². The summed E-state index contributed by atoms with van der Waals surface area (Å²) in [6.45, 7) is 3.10. The summed E-state index contributed by atoms with van der Waals surface area (Å²) < 4.78 is 6.11. The molecule has 10 nitrogen and oxygen atoms in total. The minimum atomic E-state index is -1.90. The van der Waals surface area contributed by atoms with Crippen molar-refractivity contribution in [2.45, 2.75) is 43.6 Å². The molecule has 1 aromatic heterocycles. The number of methoxy groups -OCH3 is 1. The summed E-state index contributed by atoms with van der Waals surface area (Å²) in [6.07, 6.45) is -0.309. The normalized spacial score (nSPS) is 24.2. The first-order valence-corrected chi connectivity index (χ1v) is 10.8. The number of fused-ring (bicyclic) bond motifs is 4. The van der Waals surface area contributed by atoms with Crippen LogP contribution in [0.3, 0.4) is 0 Å². The van der Waals surface area contributed by atoms with Crippen LogP contribution in [-0.4, -0.2) is 55.6 Å². The van der Waals surface area contributed by atoms with Crippen molar-refractivity contribution < 1.29 is 24.6 Å². The van der Waals surface area contributed by atoms with Crippen molar-refractivity contribution in [3.05, 3.63) is 70.8 Å². The Morgan fingerprint density at radius 3 is 2.56 bits per heavy atom. The number of nitrogens with zero attached hydrogens (tertiary/aromatic N) is 4. The molecule has 3 atom stereocenters. The molecular weight excluding hydrogens is 440 g/mol. The van der Waals surface area contributed by atoms with Crippen LogP contribution in [0.25, 0.3) is 10.9 Å². The Morgan fingerprint density at radius 1 is 1.15 bits per heavy atom. The number of carbonyl (C=O) groups is 2. The van der Waals surface area contributed by atoms with E-state index in [9.17, 15) is 24.7 Å². The van der Waals surface area contributed by atoms with Crippen LogP contribution in [0.2, 0.25) is 0 Å². The lowest BCUT2D eigenvalue weighted by Gasteiger charge is -2.37. The van der Waals surface area contributed by atoms with Gasteiger partial charge in [0, 0.05) is 12.0 Å². The van der Waals surface area contributed by atoms with Crippen LogP contribution < -0.4 is 10.5 Å². The molecular formula is C24H24N4O6. The number of rotatable bonds is 4. The van der Waals surface area contributed by atoms with Crippen molar-refractivity contribution >= 4 is 28.5 Å². The summed E-state index contributed by atoms with van der Waals surface area (Å²) >= 11 is 0. The van der Waals surface area contributed by atoms with E-state index in [-0.39, 0.29) is 6.42 Å². The molecule has 1 fully saturated rings. The summed E-state index contributed by atoms with van der Waals surface area (Å²) in [5, 5.41) is 24.2. The zero-order valence-corrected chi connectivity index (χ0v) is 18.9. The van der Waals surface area contributed by atoms with Crippen LogP contribution in [0.15, 0.2) is 59.7 Å². The van der Waals surface area contributed by atoms with Gasteiger partial charge < -0.3 is 15.1 Å². The second-order valence-electron chi connectivity index (χ2n) is 9.11. The van der Waals surface area contributed by atoms with Crippen molar-refractivity contribution in [1.29, 1.82) is 0 Å². The number of ether oxygens (including phenoxy) is 1. The third-order valence-electron chi connectivity index (χ3n) is 6.85. The maximum atomic E-state index is 13.3. The summed E-state index contributed by atoms with van der Waals surface area (Å²) in [5.41, 5.74) is -2.44. The van der Waals surface area contributed by atoms with Gasteiger partial charge in [-0.1, -0.05) is 30.3 Å². The molecule has 10 heteroatoms. The predicted octanol–water partition coefficient (Wildman–Crippen LogP) is 1.54.